The average molecular weight is 154 g/mol. The van der Waals surface area contributed by atoms with E-state index in [2.05, 4.69) is 19.1 Å². The predicted molar refractivity (Wildman–Crippen MR) is 50.5 cm³/mol. The van der Waals surface area contributed by atoms with Gasteiger partial charge in [-0.2, -0.15) is 0 Å². The zero-order valence-electron chi connectivity index (χ0n) is 6.06. The van der Waals surface area contributed by atoms with Gasteiger partial charge >= 0.3 is 0 Å². The van der Waals surface area contributed by atoms with Gasteiger partial charge in [-0.15, -0.1) is 0 Å². The largest absolute Gasteiger partial charge is 0.0848 e. The molecule has 0 spiro atoms. The highest BCUT2D eigenvalue weighted by atomic mass is 28.1. The first kappa shape index (κ1) is 8.06. The van der Waals surface area contributed by atoms with Crippen molar-refractivity contribution in [3.05, 3.63) is 12.2 Å². The molecule has 0 aromatic heterocycles. The van der Waals surface area contributed by atoms with E-state index in [0.29, 0.717) is 5.41 Å². The van der Waals surface area contributed by atoms with E-state index in [1.165, 1.54) is 25.7 Å². The number of hydrogen-bond donors (Lipinski definition) is 0. The summed E-state index contributed by atoms with van der Waals surface area (Å²) in [4.78, 5) is 0. The number of allylic oxidation sites excluding steroid dienone is 2. The zero-order chi connectivity index (χ0) is 6.32. The van der Waals surface area contributed by atoms with Crippen LogP contribution in [0.4, 0.5) is 0 Å². The Morgan fingerprint density at radius 1 is 1.60 bits per heavy atom. The Morgan fingerprint density at radius 2 is 2.40 bits per heavy atom. The van der Waals surface area contributed by atoms with Gasteiger partial charge in [-0.1, -0.05) is 19.1 Å². The number of fused-ring (bicyclic) bond motifs is 2. The Kier molecular flexibility index (Phi) is 2.04. The van der Waals surface area contributed by atoms with Crippen molar-refractivity contribution in [2.24, 2.45) is 11.3 Å². The van der Waals surface area contributed by atoms with E-state index < -0.39 is 0 Å². The highest BCUT2D eigenvalue weighted by molar-refractivity contribution is 5.75. The molecule has 0 N–H and O–H groups in total. The van der Waals surface area contributed by atoms with Crippen LogP contribution in [0.3, 0.4) is 0 Å². The summed E-state index contributed by atoms with van der Waals surface area (Å²) in [5, 5.41) is 0. The van der Waals surface area contributed by atoms with Gasteiger partial charge in [-0.3, -0.25) is 0 Å². The first-order valence-corrected chi connectivity index (χ1v) is 4.04. The SMILES string of the molecule is CCC12C=CC(CC1)C2.[SiH4]. The van der Waals surface area contributed by atoms with Crippen LogP contribution in [0.25, 0.3) is 0 Å². The molecule has 0 aliphatic heterocycles. The van der Waals surface area contributed by atoms with Gasteiger partial charge in [-0.25, -0.2) is 0 Å². The molecule has 0 radical (unpaired) electrons. The third kappa shape index (κ3) is 0.967. The van der Waals surface area contributed by atoms with Crippen molar-refractivity contribution in [2.45, 2.75) is 32.6 Å². The van der Waals surface area contributed by atoms with Gasteiger partial charge in [0.1, 0.15) is 0 Å². The lowest BCUT2D eigenvalue weighted by Gasteiger charge is -2.19. The lowest BCUT2D eigenvalue weighted by atomic mass is 9.85. The Bertz CT molecular complexity index is 151. The van der Waals surface area contributed by atoms with E-state index in [0.717, 1.165) is 5.92 Å². The lowest BCUT2D eigenvalue weighted by molar-refractivity contribution is 0.388. The van der Waals surface area contributed by atoms with Gasteiger partial charge < -0.3 is 0 Å². The molecule has 2 unspecified atom stereocenters. The second kappa shape index (κ2) is 2.53. The maximum Gasteiger partial charge on any atom is -0.0115 e. The minimum Gasteiger partial charge on any atom is -0.0848 e. The van der Waals surface area contributed by atoms with E-state index in [1.807, 2.05) is 0 Å². The lowest BCUT2D eigenvalue weighted by Crippen LogP contribution is -2.08. The maximum absolute atomic E-state index is 2.46. The standard InChI is InChI=1S/C9H14.H4Si/c1-2-9-5-3-8(7-9)4-6-9;/h3,5,8H,2,4,6-7H2,1H3;1H4. The van der Waals surface area contributed by atoms with E-state index >= 15 is 0 Å². The molecule has 1 heteroatoms. The fourth-order valence-electron chi connectivity index (χ4n) is 2.29. The van der Waals surface area contributed by atoms with Crippen LogP contribution in [0.1, 0.15) is 32.6 Å². The average Bonchev–Trinajstić information content (AvgIpc) is 2.46. The molecule has 1 saturated carbocycles. The van der Waals surface area contributed by atoms with Crippen molar-refractivity contribution in [3.8, 4) is 0 Å². The van der Waals surface area contributed by atoms with Crippen LogP contribution < -0.4 is 0 Å². The second-order valence-electron chi connectivity index (χ2n) is 3.58. The monoisotopic (exact) mass is 154 g/mol. The van der Waals surface area contributed by atoms with Crippen molar-refractivity contribution in [1.82, 2.24) is 0 Å². The molecule has 2 aliphatic rings. The first-order valence-electron chi connectivity index (χ1n) is 4.04. The summed E-state index contributed by atoms with van der Waals surface area (Å²) < 4.78 is 0. The van der Waals surface area contributed by atoms with Crippen molar-refractivity contribution in [2.75, 3.05) is 0 Å². The molecule has 1 fully saturated rings. The maximum atomic E-state index is 2.46. The Morgan fingerprint density at radius 3 is 2.60 bits per heavy atom. The topological polar surface area (TPSA) is 0 Å². The van der Waals surface area contributed by atoms with E-state index in [4.69, 9.17) is 0 Å². The Hall–Kier alpha value is -0.0431. The van der Waals surface area contributed by atoms with Crippen molar-refractivity contribution >= 4 is 11.0 Å². The van der Waals surface area contributed by atoms with E-state index in [9.17, 15) is 0 Å². The van der Waals surface area contributed by atoms with Crippen molar-refractivity contribution in [1.29, 1.82) is 0 Å². The Labute approximate surface area is 67.7 Å². The number of rotatable bonds is 1. The molecule has 0 nitrogen and oxygen atoms in total. The van der Waals surface area contributed by atoms with Gasteiger partial charge in [-0.05, 0) is 48.0 Å². The summed E-state index contributed by atoms with van der Waals surface area (Å²) in [6.07, 6.45) is 10.6. The van der Waals surface area contributed by atoms with E-state index in [-0.39, 0.29) is 11.0 Å². The first-order chi connectivity index (χ1) is 4.35. The molecule has 2 atom stereocenters. The van der Waals surface area contributed by atoms with Crippen molar-refractivity contribution < 1.29 is 0 Å². The molecule has 58 valence electrons. The van der Waals surface area contributed by atoms with Crippen LogP contribution in [0.2, 0.25) is 0 Å². The van der Waals surface area contributed by atoms with Gasteiger partial charge in [0.15, 0.2) is 0 Å². The second-order valence-corrected chi connectivity index (χ2v) is 3.58. The van der Waals surface area contributed by atoms with Crippen LogP contribution in [-0.2, 0) is 0 Å². The van der Waals surface area contributed by atoms with Crippen molar-refractivity contribution in [3.63, 3.8) is 0 Å². The van der Waals surface area contributed by atoms with E-state index in [1.54, 1.807) is 0 Å². The quantitative estimate of drug-likeness (QED) is 0.394. The van der Waals surface area contributed by atoms with Crippen LogP contribution in [0.5, 0.6) is 0 Å². The minimum atomic E-state index is 0. The van der Waals surface area contributed by atoms with Gasteiger partial charge in [0.05, 0.1) is 0 Å². The molecule has 0 saturated heterocycles. The fourth-order valence-corrected chi connectivity index (χ4v) is 2.29. The molecule has 10 heavy (non-hydrogen) atoms. The summed E-state index contributed by atoms with van der Waals surface area (Å²) in [6, 6.07) is 0. The molecule has 0 heterocycles. The summed E-state index contributed by atoms with van der Waals surface area (Å²) in [5.41, 5.74) is 0.671. The summed E-state index contributed by atoms with van der Waals surface area (Å²) in [6.45, 7) is 2.32. The molecule has 0 aromatic carbocycles. The molecule has 2 bridgehead atoms. The summed E-state index contributed by atoms with van der Waals surface area (Å²) in [7, 11) is 0. The van der Waals surface area contributed by atoms with Crippen LogP contribution in [0, 0.1) is 11.3 Å². The molecule has 2 rings (SSSR count). The molecular weight excluding hydrogens is 136 g/mol. The number of hydrogen-bond acceptors (Lipinski definition) is 0. The van der Waals surface area contributed by atoms with Crippen LogP contribution in [-0.4, -0.2) is 11.0 Å². The summed E-state index contributed by atoms with van der Waals surface area (Å²) in [5.74, 6) is 0.963. The minimum absolute atomic E-state index is 0. The van der Waals surface area contributed by atoms with Gasteiger partial charge in [0, 0.05) is 0 Å². The third-order valence-corrected chi connectivity index (χ3v) is 3.11. The highest BCUT2D eigenvalue weighted by Crippen LogP contribution is 2.50. The van der Waals surface area contributed by atoms with Gasteiger partial charge in [0.2, 0.25) is 0 Å². The molecule has 2 aliphatic carbocycles. The van der Waals surface area contributed by atoms with Crippen LogP contribution in [0.15, 0.2) is 12.2 Å². The fraction of sp³-hybridized carbons (Fsp3) is 0.778. The smallest absolute Gasteiger partial charge is 0.0115 e. The molecule has 0 aromatic rings. The predicted octanol–water partition coefficient (Wildman–Crippen LogP) is 1.30. The normalized spacial score (nSPS) is 41.9. The molecule has 0 amide bonds. The van der Waals surface area contributed by atoms with Crippen LogP contribution >= 0.6 is 0 Å². The highest BCUT2D eigenvalue weighted by Gasteiger charge is 2.38. The third-order valence-electron chi connectivity index (χ3n) is 3.11. The summed E-state index contributed by atoms with van der Waals surface area (Å²) >= 11 is 0. The Balaban J connectivity index is 0.000000500. The zero-order valence-corrected chi connectivity index (χ0v) is 6.06. The van der Waals surface area contributed by atoms with Gasteiger partial charge in [0.25, 0.3) is 0 Å². The molecular formula is C9H18Si.